The zero-order chi connectivity index (χ0) is 13.5. The molecule has 1 rings (SSSR count). The van der Waals surface area contributed by atoms with Crippen molar-refractivity contribution in [3.63, 3.8) is 0 Å². The molecule has 2 unspecified atom stereocenters. The molecule has 0 aromatic heterocycles. The maximum absolute atomic E-state index is 5.62. The predicted molar refractivity (Wildman–Crippen MR) is 77.1 cm³/mol. The number of nitrogens with two attached hydrogens (primary N) is 1. The molecule has 18 heavy (non-hydrogen) atoms. The summed E-state index contributed by atoms with van der Waals surface area (Å²) < 4.78 is 5.40. The van der Waals surface area contributed by atoms with Crippen LogP contribution in [0.4, 0.5) is 0 Å². The summed E-state index contributed by atoms with van der Waals surface area (Å²) in [5.41, 5.74) is 6.88. The molecule has 1 aromatic carbocycles. The normalized spacial score (nSPS) is 14.6. The van der Waals surface area contributed by atoms with Crippen molar-refractivity contribution in [1.29, 1.82) is 0 Å². The molecule has 0 aliphatic carbocycles. The van der Waals surface area contributed by atoms with Crippen LogP contribution in [-0.2, 0) is 6.42 Å². The molecule has 102 valence electrons. The first-order valence-electron chi connectivity index (χ1n) is 6.64. The van der Waals surface area contributed by atoms with Gasteiger partial charge >= 0.3 is 0 Å². The topological polar surface area (TPSA) is 38.5 Å². The van der Waals surface area contributed by atoms with E-state index in [2.05, 4.69) is 37.9 Å². The number of benzene rings is 1. The molecule has 0 heterocycles. The number of nitrogens with zero attached hydrogens (tertiary/aromatic N) is 1. The van der Waals surface area contributed by atoms with E-state index in [0.717, 1.165) is 25.1 Å². The molecule has 3 nitrogen and oxygen atoms in total. The van der Waals surface area contributed by atoms with Crippen molar-refractivity contribution in [3.05, 3.63) is 29.8 Å². The lowest BCUT2D eigenvalue weighted by molar-refractivity contribution is 0.187. The third-order valence-electron chi connectivity index (χ3n) is 3.68. The molecular formula is C15H26N2O. The Morgan fingerprint density at radius 1 is 1.22 bits per heavy atom. The molecule has 0 aliphatic rings. The summed E-state index contributed by atoms with van der Waals surface area (Å²) in [7, 11) is 3.89. The predicted octanol–water partition coefficient (Wildman–Crippen LogP) is 2.30. The molecule has 0 aliphatic heterocycles. The Morgan fingerprint density at radius 2 is 1.89 bits per heavy atom. The monoisotopic (exact) mass is 250 g/mol. The van der Waals surface area contributed by atoms with Gasteiger partial charge in [0.25, 0.3) is 0 Å². The van der Waals surface area contributed by atoms with E-state index >= 15 is 0 Å². The van der Waals surface area contributed by atoms with Gasteiger partial charge in [0, 0.05) is 12.1 Å². The lowest BCUT2D eigenvalue weighted by Gasteiger charge is -2.31. The van der Waals surface area contributed by atoms with E-state index in [-0.39, 0.29) is 0 Å². The van der Waals surface area contributed by atoms with Crippen LogP contribution in [0.3, 0.4) is 0 Å². The van der Waals surface area contributed by atoms with Gasteiger partial charge in [-0.05, 0) is 51.9 Å². The molecule has 0 bridgehead atoms. The van der Waals surface area contributed by atoms with Crippen LogP contribution >= 0.6 is 0 Å². The maximum Gasteiger partial charge on any atom is 0.122 e. The summed E-state index contributed by atoms with van der Waals surface area (Å²) >= 11 is 0. The van der Waals surface area contributed by atoms with E-state index in [4.69, 9.17) is 10.5 Å². The van der Waals surface area contributed by atoms with Gasteiger partial charge in [-0.3, -0.25) is 0 Å². The van der Waals surface area contributed by atoms with Gasteiger partial charge in [-0.2, -0.15) is 0 Å². The molecule has 0 saturated heterocycles. The molecule has 2 atom stereocenters. The number of rotatable bonds is 7. The highest BCUT2D eigenvalue weighted by Crippen LogP contribution is 2.21. The van der Waals surface area contributed by atoms with Crippen molar-refractivity contribution in [2.75, 3.05) is 20.7 Å². The fraction of sp³-hybridized carbons (Fsp3) is 0.600. The highest BCUT2D eigenvalue weighted by molar-refractivity contribution is 5.33. The second kappa shape index (κ2) is 7.39. The molecule has 0 saturated carbocycles. The van der Waals surface area contributed by atoms with Gasteiger partial charge in [-0.1, -0.05) is 18.2 Å². The Balaban J connectivity index is 2.65. The highest BCUT2D eigenvalue weighted by atomic mass is 16.5. The number of hydrogen-bond acceptors (Lipinski definition) is 3. The van der Waals surface area contributed by atoms with E-state index < -0.39 is 0 Å². The van der Waals surface area contributed by atoms with Crippen LogP contribution in [0.15, 0.2) is 24.3 Å². The lowest BCUT2D eigenvalue weighted by atomic mass is 10.0. The van der Waals surface area contributed by atoms with Crippen LogP contribution in [0, 0.1) is 0 Å². The second-order valence-electron chi connectivity index (χ2n) is 4.96. The van der Waals surface area contributed by atoms with Crippen molar-refractivity contribution < 1.29 is 4.74 Å². The average molecular weight is 250 g/mol. The fourth-order valence-corrected chi connectivity index (χ4v) is 2.21. The molecular weight excluding hydrogens is 224 g/mol. The van der Waals surface area contributed by atoms with Crippen LogP contribution in [0.2, 0.25) is 0 Å². The number of hydrogen-bond donors (Lipinski definition) is 1. The first-order chi connectivity index (χ1) is 8.60. The molecule has 2 N–H and O–H groups in total. The molecule has 0 amide bonds. The second-order valence-corrected chi connectivity index (χ2v) is 4.96. The molecule has 0 fully saturated rings. The van der Waals surface area contributed by atoms with Crippen LogP contribution in [0.5, 0.6) is 5.75 Å². The van der Waals surface area contributed by atoms with Crippen molar-refractivity contribution in [3.8, 4) is 5.75 Å². The van der Waals surface area contributed by atoms with Gasteiger partial charge < -0.3 is 15.4 Å². The number of ether oxygens (including phenoxy) is 1. The van der Waals surface area contributed by atoms with Crippen molar-refractivity contribution in [2.24, 2.45) is 5.73 Å². The highest BCUT2D eigenvalue weighted by Gasteiger charge is 2.16. The SMILES string of the molecule is COc1ccccc1CC(C)N(C)C(C)CCN. The van der Waals surface area contributed by atoms with Crippen molar-refractivity contribution >= 4 is 0 Å². The van der Waals surface area contributed by atoms with E-state index in [1.165, 1.54) is 5.56 Å². The molecule has 0 spiro atoms. The third-order valence-corrected chi connectivity index (χ3v) is 3.68. The third kappa shape index (κ3) is 4.00. The fourth-order valence-electron chi connectivity index (χ4n) is 2.21. The summed E-state index contributed by atoms with van der Waals surface area (Å²) in [4.78, 5) is 2.39. The van der Waals surface area contributed by atoms with Crippen LogP contribution in [0.25, 0.3) is 0 Å². The number of para-hydroxylation sites is 1. The quantitative estimate of drug-likeness (QED) is 0.807. The zero-order valence-electron chi connectivity index (χ0n) is 12.0. The van der Waals surface area contributed by atoms with E-state index in [9.17, 15) is 0 Å². The minimum Gasteiger partial charge on any atom is -0.496 e. The zero-order valence-corrected chi connectivity index (χ0v) is 12.0. The standard InChI is InChI=1S/C15H26N2O/c1-12(9-10-16)17(3)13(2)11-14-7-5-6-8-15(14)18-4/h5-8,12-13H,9-11,16H2,1-4H3. The van der Waals surface area contributed by atoms with Gasteiger partial charge in [0.15, 0.2) is 0 Å². The molecule has 0 radical (unpaired) electrons. The minimum atomic E-state index is 0.475. The number of likely N-dealkylation sites (N-methyl/N-ethyl adjacent to an activating group) is 1. The summed E-state index contributed by atoms with van der Waals surface area (Å²) in [6, 6.07) is 9.21. The van der Waals surface area contributed by atoms with Crippen LogP contribution in [-0.4, -0.2) is 37.7 Å². The first kappa shape index (κ1) is 15.0. The number of methoxy groups -OCH3 is 1. The Labute approximate surface area is 111 Å². The van der Waals surface area contributed by atoms with E-state index in [1.807, 2.05) is 12.1 Å². The van der Waals surface area contributed by atoms with Gasteiger partial charge in [0.05, 0.1) is 7.11 Å². The first-order valence-corrected chi connectivity index (χ1v) is 6.64. The van der Waals surface area contributed by atoms with Crippen molar-refractivity contribution in [2.45, 2.75) is 38.8 Å². The Morgan fingerprint density at radius 3 is 2.50 bits per heavy atom. The Kier molecular flexibility index (Phi) is 6.16. The summed E-state index contributed by atoms with van der Waals surface area (Å²) in [5.74, 6) is 0.976. The Hall–Kier alpha value is -1.06. The Bertz CT molecular complexity index is 354. The minimum absolute atomic E-state index is 0.475. The smallest absolute Gasteiger partial charge is 0.122 e. The van der Waals surface area contributed by atoms with Gasteiger partial charge in [0.2, 0.25) is 0 Å². The molecule has 1 aromatic rings. The van der Waals surface area contributed by atoms with Gasteiger partial charge in [0.1, 0.15) is 5.75 Å². The van der Waals surface area contributed by atoms with E-state index in [0.29, 0.717) is 12.1 Å². The largest absolute Gasteiger partial charge is 0.496 e. The summed E-state index contributed by atoms with van der Waals surface area (Å²) in [5, 5.41) is 0. The summed E-state index contributed by atoms with van der Waals surface area (Å²) in [6.07, 6.45) is 2.03. The van der Waals surface area contributed by atoms with Crippen LogP contribution < -0.4 is 10.5 Å². The van der Waals surface area contributed by atoms with Gasteiger partial charge in [-0.25, -0.2) is 0 Å². The average Bonchev–Trinajstić information content (AvgIpc) is 2.38. The maximum atomic E-state index is 5.62. The van der Waals surface area contributed by atoms with Crippen LogP contribution in [0.1, 0.15) is 25.8 Å². The van der Waals surface area contributed by atoms with E-state index in [1.54, 1.807) is 7.11 Å². The molecule has 3 heteroatoms. The van der Waals surface area contributed by atoms with Crippen molar-refractivity contribution in [1.82, 2.24) is 4.90 Å². The lowest BCUT2D eigenvalue weighted by Crippen LogP contribution is -2.39. The summed E-state index contributed by atoms with van der Waals surface area (Å²) in [6.45, 7) is 5.22. The van der Waals surface area contributed by atoms with Gasteiger partial charge in [-0.15, -0.1) is 0 Å².